The molecule has 4 rings (SSSR count). The second kappa shape index (κ2) is 9.05. The van der Waals surface area contributed by atoms with Crippen LogP contribution in [0, 0.1) is 0 Å². The zero-order chi connectivity index (χ0) is 21.1. The van der Waals surface area contributed by atoms with Gasteiger partial charge in [-0.15, -0.1) is 0 Å². The summed E-state index contributed by atoms with van der Waals surface area (Å²) in [6, 6.07) is 6.87. The number of carbonyl (C=O) groups is 4. The summed E-state index contributed by atoms with van der Waals surface area (Å²) in [5.41, 5.74) is 1.45. The molecule has 1 atom stereocenters. The van der Waals surface area contributed by atoms with Crippen molar-refractivity contribution in [3.05, 3.63) is 29.8 Å². The van der Waals surface area contributed by atoms with Gasteiger partial charge in [0.05, 0.1) is 12.3 Å². The highest BCUT2D eigenvalue weighted by atomic mass is 32.2. The van der Waals surface area contributed by atoms with Gasteiger partial charge in [0.15, 0.2) is 0 Å². The monoisotopic (exact) mass is 432 g/mol. The number of nitrogens with one attached hydrogen (secondary N) is 1. The Morgan fingerprint density at radius 3 is 2.37 bits per heavy atom. The fourth-order valence-corrected chi connectivity index (χ4v) is 4.44. The summed E-state index contributed by atoms with van der Waals surface area (Å²) in [5, 5.41) is 2.63. The Morgan fingerprint density at radius 2 is 1.77 bits per heavy atom. The maximum absolute atomic E-state index is 12.5. The minimum Gasteiger partial charge on any atom is -0.368 e. The third kappa shape index (κ3) is 4.59. The molecule has 5 amide bonds. The SMILES string of the molecule is O=C(Nc1ccc(CN2C(=O)CSC2=O)cc1)N1CCN(C(=O)C2CCCO2)CC1. The molecule has 3 heterocycles. The summed E-state index contributed by atoms with van der Waals surface area (Å²) in [4.78, 5) is 53.0. The number of nitrogens with zero attached hydrogens (tertiary/aromatic N) is 3. The zero-order valence-electron chi connectivity index (χ0n) is 16.5. The van der Waals surface area contributed by atoms with Gasteiger partial charge in [-0.3, -0.25) is 19.3 Å². The van der Waals surface area contributed by atoms with Crippen LogP contribution in [0.3, 0.4) is 0 Å². The van der Waals surface area contributed by atoms with E-state index in [0.717, 1.165) is 30.2 Å². The number of urea groups is 1. The molecule has 3 saturated heterocycles. The van der Waals surface area contributed by atoms with Crippen LogP contribution < -0.4 is 5.32 Å². The van der Waals surface area contributed by atoms with Gasteiger partial charge in [0.2, 0.25) is 5.91 Å². The Bertz CT molecular complexity index is 816. The van der Waals surface area contributed by atoms with Crippen LogP contribution in [0.2, 0.25) is 0 Å². The van der Waals surface area contributed by atoms with Gasteiger partial charge in [-0.05, 0) is 30.5 Å². The third-order valence-corrected chi connectivity index (χ3v) is 6.33. The van der Waals surface area contributed by atoms with E-state index < -0.39 is 0 Å². The number of piperazine rings is 1. The molecule has 9 nitrogen and oxygen atoms in total. The molecule has 3 aliphatic heterocycles. The number of benzene rings is 1. The van der Waals surface area contributed by atoms with Gasteiger partial charge in [0.25, 0.3) is 11.1 Å². The fraction of sp³-hybridized carbons (Fsp3) is 0.500. The Balaban J connectivity index is 1.25. The van der Waals surface area contributed by atoms with Crippen molar-refractivity contribution < 1.29 is 23.9 Å². The standard InChI is InChI=1S/C20H24N4O5S/c25-17-13-30-20(28)24(17)12-14-3-5-15(6-4-14)21-19(27)23-9-7-22(8-10-23)18(26)16-2-1-11-29-16/h3-6,16H,1-2,7-13H2,(H,21,27). The fourth-order valence-electron chi connectivity index (χ4n) is 3.72. The lowest BCUT2D eigenvalue weighted by Crippen LogP contribution is -2.53. The van der Waals surface area contributed by atoms with E-state index in [9.17, 15) is 19.2 Å². The number of rotatable bonds is 4. The number of imide groups is 1. The number of amides is 5. The third-order valence-electron chi connectivity index (χ3n) is 5.47. The molecule has 160 valence electrons. The minimum absolute atomic E-state index is 0.0245. The van der Waals surface area contributed by atoms with Gasteiger partial charge in [-0.1, -0.05) is 23.9 Å². The Labute approximate surface area is 178 Å². The molecule has 0 bridgehead atoms. The second-order valence-corrected chi connectivity index (χ2v) is 8.40. The van der Waals surface area contributed by atoms with Gasteiger partial charge in [-0.25, -0.2) is 4.79 Å². The largest absolute Gasteiger partial charge is 0.368 e. The van der Waals surface area contributed by atoms with Crippen LogP contribution in [-0.2, 0) is 20.9 Å². The molecule has 1 aromatic rings. The molecule has 1 N–H and O–H groups in total. The highest BCUT2D eigenvalue weighted by Gasteiger charge is 2.32. The van der Waals surface area contributed by atoms with Crippen molar-refractivity contribution in [3.63, 3.8) is 0 Å². The highest BCUT2D eigenvalue weighted by Crippen LogP contribution is 2.22. The topological polar surface area (TPSA) is 99.3 Å². The quantitative estimate of drug-likeness (QED) is 0.778. The lowest BCUT2D eigenvalue weighted by Gasteiger charge is -2.35. The van der Waals surface area contributed by atoms with Gasteiger partial charge in [-0.2, -0.15) is 0 Å². The molecular formula is C20H24N4O5S. The first-order valence-corrected chi connectivity index (χ1v) is 11.0. The van der Waals surface area contributed by atoms with Gasteiger partial charge >= 0.3 is 6.03 Å². The van der Waals surface area contributed by atoms with Gasteiger partial charge < -0.3 is 19.9 Å². The van der Waals surface area contributed by atoms with E-state index in [2.05, 4.69) is 5.32 Å². The minimum atomic E-state index is -0.325. The van der Waals surface area contributed by atoms with E-state index in [1.807, 2.05) is 0 Å². The Hall–Kier alpha value is -2.59. The molecule has 1 unspecified atom stereocenters. The van der Waals surface area contributed by atoms with Crippen molar-refractivity contribution in [1.82, 2.24) is 14.7 Å². The second-order valence-electron chi connectivity index (χ2n) is 7.48. The highest BCUT2D eigenvalue weighted by molar-refractivity contribution is 8.14. The summed E-state index contributed by atoms with van der Waals surface area (Å²) in [6.45, 7) is 2.82. The van der Waals surface area contributed by atoms with E-state index in [-0.39, 0.29) is 41.5 Å². The van der Waals surface area contributed by atoms with E-state index in [4.69, 9.17) is 4.74 Å². The van der Waals surface area contributed by atoms with Crippen LogP contribution in [-0.4, -0.2) is 82.4 Å². The summed E-state index contributed by atoms with van der Waals surface area (Å²) in [7, 11) is 0. The first kappa shape index (κ1) is 20.7. The molecule has 3 fully saturated rings. The molecule has 0 aliphatic carbocycles. The molecule has 10 heteroatoms. The van der Waals surface area contributed by atoms with Crippen LogP contribution in [0.25, 0.3) is 0 Å². The number of thioether (sulfide) groups is 1. The van der Waals surface area contributed by atoms with Crippen LogP contribution in [0.4, 0.5) is 15.3 Å². The van der Waals surface area contributed by atoms with Crippen LogP contribution in [0.1, 0.15) is 18.4 Å². The van der Waals surface area contributed by atoms with E-state index in [0.29, 0.717) is 38.5 Å². The summed E-state index contributed by atoms with van der Waals surface area (Å²) in [6.07, 6.45) is 1.36. The Kier molecular flexibility index (Phi) is 6.24. The smallest absolute Gasteiger partial charge is 0.321 e. The van der Waals surface area contributed by atoms with Crippen molar-refractivity contribution in [1.29, 1.82) is 0 Å². The number of hydrogen-bond donors (Lipinski definition) is 1. The average Bonchev–Trinajstić information content (AvgIpc) is 3.41. The molecule has 0 radical (unpaired) electrons. The van der Waals surface area contributed by atoms with Crippen molar-refractivity contribution in [2.45, 2.75) is 25.5 Å². The number of ether oxygens (including phenoxy) is 1. The van der Waals surface area contributed by atoms with Crippen molar-refractivity contribution >= 4 is 40.5 Å². The summed E-state index contributed by atoms with van der Waals surface area (Å²) >= 11 is 1.01. The molecule has 30 heavy (non-hydrogen) atoms. The first-order valence-electron chi connectivity index (χ1n) is 10.0. The number of hydrogen-bond acceptors (Lipinski definition) is 6. The summed E-state index contributed by atoms with van der Waals surface area (Å²) in [5.74, 6) is 0.0375. The molecule has 0 aromatic heterocycles. The zero-order valence-corrected chi connectivity index (χ0v) is 17.4. The average molecular weight is 433 g/mol. The predicted molar refractivity (Wildman–Crippen MR) is 111 cm³/mol. The summed E-state index contributed by atoms with van der Waals surface area (Å²) < 4.78 is 5.46. The Morgan fingerprint density at radius 1 is 1.07 bits per heavy atom. The van der Waals surface area contributed by atoms with Gasteiger partial charge in [0.1, 0.15) is 6.10 Å². The van der Waals surface area contributed by atoms with Gasteiger partial charge in [0, 0.05) is 38.5 Å². The van der Waals surface area contributed by atoms with E-state index in [1.54, 1.807) is 34.1 Å². The van der Waals surface area contributed by atoms with Crippen LogP contribution in [0.15, 0.2) is 24.3 Å². The molecular weight excluding hydrogens is 408 g/mol. The maximum Gasteiger partial charge on any atom is 0.321 e. The lowest BCUT2D eigenvalue weighted by atomic mass is 10.2. The first-order chi connectivity index (χ1) is 14.5. The molecule has 0 saturated carbocycles. The van der Waals surface area contributed by atoms with Crippen LogP contribution in [0.5, 0.6) is 0 Å². The van der Waals surface area contributed by atoms with Crippen molar-refractivity contribution in [3.8, 4) is 0 Å². The number of anilines is 1. The van der Waals surface area contributed by atoms with E-state index >= 15 is 0 Å². The normalized spacial score (nSPS) is 22.0. The molecule has 0 spiro atoms. The van der Waals surface area contributed by atoms with Crippen molar-refractivity contribution in [2.75, 3.05) is 43.9 Å². The maximum atomic E-state index is 12.5. The van der Waals surface area contributed by atoms with Crippen LogP contribution >= 0.6 is 11.8 Å². The predicted octanol–water partition coefficient (Wildman–Crippen LogP) is 1.74. The lowest BCUT2D eigenvalue weighted by molar-refractivity contribution is -0.142. The van der Waals surface area contributed by atoms with Crippen molar-refractivity contribution in [2.24, 2.45) is 0 Å². The number of carbonyl (C=O) groups excluding carboxylic acids is 4. The molecule has 1 aromatic carbocycles. The molecule has 3 aliphatic rings. The van der Waals surface area contributed by atoms with E-state index in [1.165, 1.54) is 4.90 Å².